The van der Waals surface area contributed by atoms with Gasteiger partial charge in [-0.05, 0) is 50.5 Å². The molecule has 1 heterocycles. The van der Waals surface area contributed by atoms with Crippen LogP contribution in [-0.2, 0) is 4.79 Å². The molecule has 2 rings (SSSR count). The summed E-state index contributed by atoms with van der Waals surface area (Å²) in [6.07, 6.45) is 5.18. The number of piperidine rings is 1. The lowest BCUT2D eigenvalue weighted by atomic mass is 9.70. The van der Waals surface area contributed by atoms with Crippen LogP contribution in [0.3, 0.4) is 0 Å². The van der Waals surface area contributed by atoms with Crippen LogP contribution in [0.4, 0.5) is 0 Å². The topological polar surface area (TPSA) is 29.1 Å². The van der Waals surface area contributed by atoms with Gasteiger partial charge in [-0.2, -0.15) is 0 Å². The van der Waals surface area contributed by atoms with Crippen LogP contribution >= 0.6 is 0 Å². The monoisotopic (exact) mass is 195 g/mol. The molecule has 1 N–H and O–H groups in total. The molecule has 0 aromatic carbocycles. The molecule has 0 aromatic rings. The fraction of sp³-hybridized carbons (Fsp3) is 0.917. The second kappa shape index (κ2) is 4.01. The molecular formula is C12H21NO. The van der Waals surface area contributed by atoms with Gasteiger partial charge in [0, 0.05) is 0 Å². The largest absolute Gasteiger partial charge is 0.307 e. The first kappa shape index (κ1) is 10.2. The molecule has 2 nitrogen and oxygen atoms in total. The van der Waals surface area contributed by atoms with Crippen molar-refractivity contribution in [2.75, 3.05) is 6.54 Å². The Morgan fingerprint density at radius 3 is 2.71 bits per heavy atom. The van der Waals surface area contributed by atoms with E-state index < -0.39 is 0 Å². The van der Waals surface area contributed by atoms with Crippen LogP contribution < -0.4 is 5.32 Å². The zero-order valence-corrected chi connectivity index (χ0v) is 9.25. The van der Waals surface area contributed by atoms with E-state index in [4.69, 9.17) is 0 Å². The first-order valence-corrected chi connectivity index (χ1v) is 5.90. The highest BCUT2D eigenvalue weighted by molar-refractivity contribution is 5.81. The van der Waals surface area contributed by atoms with Crippen LogP contribution in [0.5, 0.6) is 0 Å². The lowest BCUT2D eigenvalue weighted by Gasteiger charge is -2.41. The molecule has 0 radical (unpaired) electrons. The molecule has 2 heteroatoms. The predicted molar refractivity (Wildman–Crippen MR) is 57.1 cm³/mol. The number of ketones is 1. The van der Waals surface area contributed by atoms with Gasteiger partial charge < -0.3 is 5.32 Å². The molecule has 0 bridgehead atoms. The highest BCUT2D eigenvalue weighted by Gasteiger charge is 2.35. The van der Waals surface area contributed by atoms with Crippen molar-refractivity contribution < 1.29 is 4.79 Å². The fourth-order valence-electron chi connectivity index (χ4n) is 3.11. The Labute approximate surface area is 86.5 Å². The minimum absolute atomic E-state index is 0.154. The van der Waals surface area contributed by atoms with Crippen molar-refractivity contribution >= 4 is 5.78 Å². The average Bonchev–Trinajstić information content (AvgIpc) is 2.16. The summed E-state index contributed by atoms with van der Waals surface area (Å²) in [6.45, 7) is 5.13. The van der Waals surface area contributed by atoms with E-state index in [1.165, 1.54) is 19.3 Å². The zero-order chi connectivity index (χ0) is 10.1. The number of fused-ring (bicyclic) bond motifs is 1. The third-order valence-electron chi connectivity index (χ3n) is 4.06. The lowest BCUT2D eigenvalue weighted by Crippen LogP contribution is -2.48. The van der Waals surface area contributed by atoms with Crippen LogP contribution in [0, 0.1) is 17.8 Å². The minimum Gasteiger partial charge on any atom is -0.307 e. The summed E-state index contributed by atoms with van der Waals surface area (Å²) in [5.74, 6) is 2.86. The highest BCUT2D eigenvalue weighted by Crippen LogP contribution is 2.38. The molecule has 0 spiro atoms. The van der Waals surface area contributed by atoms with E-state index in [9.17, 15) is 4.79 Å². The van der Waals surface area contributed by atoms with Crippen LogP contribution in [-0.4, -0.2) is 18.4 Å². The quantitative estimate of drug-likeness (QED) is 0.693. The molecule has 80 valence electrons. The van der Waals surface area contributed by atoms with Crippen molar-refractivity contribution in [1.29, 1.82) is 0 Å². The second-order valence-electron chi connectivity index (χ2n) is 5.25. The number of hydrogen-bond donors (Lipinski definition) is 1. The minimum atomic E-state index is 0.154. The van der Waals surface area contributed by atoms with Crippen molar-refractivity contribution in [2.24, 2.45) is 17.8 Å². The van der Waals surface area contributed by atoms with Crippen molar-refractivity contribution in [2.45, 2.75) is 45.6 Å². The maximum absolute atomic E-state index is 11.3. The van der Waals surface area contributed by atoms with Crippen molar-refractivity contribution in [3.05, 3.63) is 0 Å². The van der Waals surface area contributed by atoms with E-state index in [0.29, 0.717) is 5.78 Å². The molecule has 14 heavy (non-hydrogen) atoms. The van der Waals surface area contributed by atoms with Crippen LogP contribution in [0.15, 0.2) is 0 Å². The lowest BCUT2D eigenvalue weighted by molar-refractivity contribution is -0.120. The van der Waals surface area contributed by atoms with Gasteiger partial charge in [-0.25, -0.2) is 0 Å². The van der Waals surface area contributed by atoms with E-state index in [-0.39, 0.29) is 6.04 Å². The standard InChI is InChI=1S/C12H21NO/c1-8-3-4-10-7-13-12(9(2)14)6-11(10)5-8/h8,10-13H,3-7H2,1-2H3/t8-,10-,11+,12?/m0/s1. The molecule has 1 aliphatic heterocycles. The Morgan fingerprint density at radius 1 is 1.21 bits per heavy atom. The third kappa shape index (κ3) is 2.00. The summed E-state index contributed by atoms with van der Waals surface area (Å²) in [5.41, 5.74) is 0. The summed E-state index contributed by atoms with van der Waals surface area (Å²) in [6, 6.07) is 0.154. The van der Waals surface area contributed by atoms with Crippen molar-refractivity contribution in [3.8, 4) is 0 Å². The summed E-state index contributed by atoms with van der Waals surface area (Å²) >= 11 is 0. The van der Waals surface area contributed by atoms with Gasteiger partial charge in [0.1, 0.15) is 5.78 Å². The Kier molecular flexibility index (Phi) is 2.91. The molecule has 1 unspecified atom stereocenters. The van der Waals surface area contributed by atoms with Gasteiger partial charge in [0.25, 0.3) is 0 Å². The fourth-order valence-corrected chi connectivity index (χ4v) is 3.11. The van der Waals surface area contributed by atoms with Gasteiger partial charge in [-0.15, -0.1) is 0 Å². The summed E-state index contributed by atoms with van der Waals surface area (Å²) in [7, 11) is 0. The van der Waals surface area contributed by atoms with E-state index in [1.54, 1.807) is 6.92 Å². The highest BCUT2D eigenvalue weighted by atomic mass is 16.1. The van der Waals surface area contributed by atoms with Crippen molar-refractivity contribution in [1.82, 2.24) is 5.32 Å². The van der Waals surface area contributed by atoms with Crippen LogP contribution in [0.25, 0.3) is 0 Å². The average molecular weight is 195 g/mol. The Morgan fingerprint density at radius 2 is 2.00 bits per heavy atom. The van der Waals surface area contributed by atoms with E-state index in [0.717, 1.165) is 30.7 Å². The number of nitrogens with one attached hydrogen (secondary N) is 1. The van der Waals surface area contributed by atoms with Gasteiger partial charge in [0.2, 0.25) is 0 Å². The van der Waals surface area contributed by atoms with Crippen molar-refractivity contribution in [3.63, 3.8) is 0 Å². The van der Waals surface area contributed by atoms with Gasteiger partial charge in [0.15, 0.2) is 0 Å². The number of hydrogen-bond acceptors (Lipinski definition) is 2. The van der Waals surface area contributed by atoms with Gasteiger partial charge in [0.05, 0.1) is 6.04 Å². The van der Waals surface area contributed by atoms with E-state index in [2.05, 4.69) is 12.2 Å². The molecule has 2 aliphatic rings. The van der Waals surface area contributed by atoms with Crippen LogP contribution in [0.1, 0.15) is 39.5 Å². The Hall–Kier alpha value is -0.370. The Balaban J connectivity index is 1.96. The van der Waals surface area contributed by atoms with E-state index >= 15 is 0 Å². The van der Waals surface area contributed by atoms with Gasteiger partial charge in [-0.3, -0.25) is 4.79 Å². The molecule has 1 aliphatic carbocycles. The molecule has 0 amide bonds. The molecule has 1 saturated heterocycles. The SMILES string of the molecule is CC(=O)C1C[C@H]2C[C@@H](C)CC[C@H]2CN1. The summed E-state index contributed by atoms with van der Waals surface area (Å²) in [5, 5.41) is 3.38. The summed E-state index contributed by atoms with van der Waals surface area (Å²) in [4.78, 5) is 11.3. The number of rotatable bonds is 1. The molecule has 1 saturated carbocycles. The maximum Gasteiger partial charge on any atom is 0.146 e. The normalized spacial score (nSPS) is 43.0. The van der Waals surface area contributed by atoms with E-state index in [1.807, 2.05) is 0 Å². The number of carbonyl (C=O) groups is 1. The smallest absolute Gasteiger partial charge is 0.146 e. The maximum atomic E-state index is 11.3. The predicted octanol–water partition coefficient (Wildman–Crippen LogP) is 1.99. The molecule has 0 aromatic heterocycles. The molecule has 2 fully saturated rings. The first-order chi connectivity index (χ1) is 6.66. The number of carbonyl (C=O) groups excluding carboxylic acids is 1. The Bertz CT molecular complexity index is 226. The first-order valence-electron chi connectivity index (χ1n) is 5.90. The van der Waals surface area contributed by atoms with Crippen LogP contribution in [0.2, 0.25) is 0 Å². The second-order valence-corrected chi connectivity index (χ2v) is 5.25. The number of Topliss-reactive ketones (excluding diaryl/α,β-unsaturated/α-hetero) is 1. The zero-order valence-electron chi connectivity index (χ0n) is 9.25. The van der Waals surface area contributed by atoms with Gasteiger partial charge in [-0.1, -0.05) is 13.3 Å². The summed E-state index contributed by atoms with van der Waals surface area (Å²) < 4.78 is 0. The third-order valence-corrected chi connectivity index (χ3v) is 4.06. The molecular weight excluding hydrogens is 174 g/mol. The molecule has 4 atom stereocenters. The van der Waals surface area contributed by atoms with Gasteiger partial charge >= 0.3 is 0 Å².